The summed E-state index contributed by atoms with van der Waals surface area (Å²) < 4.78 is 35.9. The summed E-state index contributed by atoms with van der Waals surface area (Å²) in [6, 6.07) is 9.08. The molecule has 9 nitrogen and oxygen atoms in total. The van der Waals surface area contributed by atoms with Crippen LogP contribution in [-0.4, -0.2) is 61.0 Å². The SMILES string of the molecule is C=CCCCOC1(c2ccccc2)O[C@@H]2O[C@H](COC(=O)C(C)(C)C)[C@@H](O)[C@H](OC(=O)C(C)(C)C)[C@@H]2O1. The first-order valence-corrected chi connectivity index (χ1v) is 12.7. The number of aliphatic hydroxyl groups is 1. The maximum atomic E-state index is 12.8. The van der Waals surface area contributed by atoms with Gasteiger partial charge in [-0.15, -0.1) is 6.58 Å². The summed E-state index contributed by atoms with van der Waals surface area (Å²) in [5, 5.41) is 11.2. The summed E-state index contributed by atoms with van der Waals surface area (Å²) in [5.74, 6) is -2.64. The van der Waals surface area contributed by atoms with E-state index in [4.69, 9.17) is 28.4 Å². The lowest BCUT2D eigenvalue weighted by molar-refractivity contribution is -0.367. The highest BCUT2D eigenvalue weighted by atomic mass is 16.9. The molecule has 1 aromatic rings. The standard InChI is InChI=1S/C28H40O9/c1-8-9-13-16-33-28(18-14-11-10-12-15-18)36-22-21(35-25(31)27(5,6)7)20(29)19(34-23(22)37-28)17-32-24(30)26(2,3)4/h8,10-12,14-15,19-23,29H,1,9,13,16-17H2,2-7H3/t19-,20-,21+,22+,23+,28?/m1/s1. The molecule has 0 saturated carbocycles. The molecule has 206 valence electrons. The van der Waals surface area contributed by atoms with Crippen LogP contribution in [0.15, 0.2) is 43.0 Å². The minimum atomic E-state index is -1.65. The minimum Gasteiger partial charge on any atom is -0.462 e. The van der Waals surface area contributed by atoms with Gasteiger partial charge >= 0.3 is 17.9 Å². The molecule has 2 saturated heterocycles. The van der Waals surface area contributed by atoms with E-state index in [0.717, 1.165) is 6.42 Å². The lowest BCUT2D eigenvalue weighted by atomic mass is 9.95. The first-order valence-electron chi connectivity index (χ1n) is 12.7. The number of fused-ring (bicyclic) bond motifs is 1. The molecule has 0 aliphatic carbocycles. The Morgan fingerprint density at radius 2 is 1.70 bits per heavy atom. The van der Waals surface area contributed by atoms with Crippen LogP contribution in [-0.2, 0) is 44.0 Å². The molecule has 0 bridgehead atoms. The summed E-state index contributed by atoms with van der Waals surface area (Å²) in [6.45, 7) is 14.1. The van der Waals surface area contributed by atoms with Crippen molar-refractivity contribution in [3.8, 4) is 0 Å². The van der Waals surface area contributed by atoms with Gasteiger partial charge in [0.2, 0.25) is 0 Å². The van der Waals surface area contributed by atoms with Gasteiger partial charge < -0.3 is 28.8 Å². The van der Waals surface area contributed by atoms with E-state index in [1.807, 2.05) is 18.2 Å². The number of ether oxygens (including phenoxy) is 6. The Kier molecular flexibility index (Phi) is 9.18. The van der Waals surface area contributed by atoms with E-state index < -0.39 is 59.4 Å². The monoisotopic (exact) mass is 520 g/mol. The molecule has 9 heteroatoms. The van der Waals surface area contributed by atoms with E-state index in [0.29, 0.717) is 18.6 Å². The van der Waals surface area contributed by atoms with Crippen molar-refractivity contribution in [2.75, 3.05) is 13.2 Å². The fourth-order valence-corrected chi connectivity index (χ4v) is 3.78. The predicted octanol–water partition coefficient (Wildman–Crippen LogP) is 3.83. The number of hydrogen-bond acceptors (Lipinski definition) is 9. The van der Waals surface area contributed by atoms with Gasteiger partial charge in [0.15, 0.2) is 18.5 Å². The summed E-state index contributed by atoms with van der Waals surface area (Å²) in [5.41, 5.74) is -0.994. The third kappa shape index (κ3) is 6.97. The number of allylic oxidation sites excluding steroid dienone is 1. The maximum Gasteiger partial charge on any atom is 0.314 e. The number of hydrogen-bond donors (Lipinski definition) is 1. The van der Waals surface area contributed by atoms with E-state index in [2.05, 4.69) is 6.58 Å². The zero-order chi connectivity index (χ0) is 27.4. The molecule has 0 aromatic heterocycles. The van der Waals surface area contributed by atoms with Gasteiger partial charge in [0, 0.05) is 5.56 Å². The highest BCUT2D eigenvalue weighted by molar-refractivity contribution is 5.76. The number of unbranched alkanes of at least 4 members (excludes halogenated alkanes) is 1. The first-order chi connectivity index (χ1) is 17.3. The van der Waals surface area contributed by atoms with E-state index in [9.17, 15) is 14.7 Å². The molecule has 2 aliphatic rings. The normalized spacial score (nSPS) is 29.9. The van der Waals surface area contributed by atoms with Crippen molar-refractivity contribution in [3.63, 3.8) is 0 Å². The van der Waals surface area contributed by atoms with E-state index in [1.165, 1.54) is 0 Å². The van der Waals surface area contributed by atoms with Crippen molar-refractivity contribution >= 4 is 11.9 Å². The molecule has 1 N–H and O–H groups in total. The van der Waals surface area contributed by atoms with Crippen LogP contribution >= 0.6 is 0 Å². The Labute approximate surface area is 219 Å². The van der Waals surface area contributed by atoms with Crippen LogP contribution in [0.1, 0.15) is 59.9 Å². The maximum absolute atomic E-state index is 12.8. The number of carbonyl (C=O) groups excluding carboxylic acids is 2. The second kappa shape index (κ2) is 11.6. The number of carbonyl (C=O) groups is 2. The van der Waals surface area contributed by atoms with Crippen LogP contribution in [0.25, 0.3) is 0 Å². The van der Waals surface area contributed by atoms with Crippen molar-refractivity contribution in [1.82, 2.24) is 0 Å². The van der Waals surface area contributed by atoms with Gasteiger partial charge in [0.25, 0.3) is 0 Å². The highest BCUT2D eigenvalue weighted by Gasteiger charge is 2.60. The van der Waals surface area contributed by atoms with Crippen LogP contribution in [0.2, 0.25) is 0 Å². The molecule has 0 radical (unpaired) electrons. The molecular weight excluding hydrogens is 480 g/mol. The van der Waals surface area contributed by atoms with Crippen molar-refractivity contribution in [3.05, 3.63) is 48.6 Å². The van der Waals surface area contributed by atoms with E-state index in [1.54, 1.807) is 59.8 Å². The lowest BCUT2D eigenvalue weighted by Gasteiger charge is -2.40. The summed E-state index contributed by atoms with van der Waals surface area (Å²) in [7, 11) is 0. The topological polar surface area (TPSA) is 110 Å². The second-order valence-corrected chi connectivity index (χ2v) is 11.4. The molecular formula is C28H40O9. The Balaban J connectivity index is 1.90. The van der Waals surface area contributed by atoms with Gasteiger partial charge in [-0.25, -0.2) is 0 Å². The number of rotatable bonds is 9. The lowest BCUT2D eigenvalue weighted by Crippen LogP contribution is -2.59. The van der Waals surface area contributed by atoms with Crippen LogP contribution in [0.3, 0.4) is 0 Å². The molecule has 1 aromatic carbocycles. The van der Waals surface area contributed by atoms with Gasteiger partial charge in [-0.3, -0.25) is 14.3 Å². The quantitative estimate of drug-likeness (QED) is 0.295. The molecule has 6 atom stereocenters. The first kappa shape index (κ1) is 29.3. The van der Waals surface area contributed by atoms with Crippen LogP contribution in [0.5, 0.6) is 0 Å². The van der Waals surface area contributed by atoms with Crippen LogP contribution in [0, 0.1) is 10.8 Å². The Morgan fingerprint density at radius 3 is 2.30 bits per heavy atom. The highest BCUT2D eigenvalue weighted by Crippen LogP contribution is 2.44. The summed E-state index contributed by atoms with van der Waals surface area (Å²) in [6.07, 6.45) is -2.41. The molecule has 3 rings (SSSR count). The average molecular weight is 521 g/mol. The van der Waals surface area contributed by atoms with E-state index in [-0.39, 0.29) is 6.61 Å². The number of esters is 2. The van der Waals surface area contributed by atoms with Crippen molar-refractivity contribution in [2.24, 2.45) is 10.8 Å². The van der Waals surface area contributed by atoms with Crippen molar-refractivity contribution < 1.29 is 43.1 Å². The largest absolute Gasteiger partial charge is 0.462 e. The molecule has 0 spiro atoms. The van der Waals surface area contributed by atoms with E-state index >= 15 is 0 Å². The van der Waals surface area contributed by atoms with Gasteiger partial charge in [0.1, 0.15) is 18.8 Å². The third-order valence-electron chi connectivity index (χ3n) is 6.00. The van der Waals surface area contributed by atoms with Crippen LogP contribution in [0.4, 0.5) is 0 Å². The minimum absolute atomic E-state index is 0.258. The second-order valence-electron chi connectivity index (χ2n) is 11.4. The van der Waals surface area contributed by atoms with Crippen LogP contribution < -0.4 is 0 Å². The predicted molar refractivity (Wildman–Crippen MR) is 134 cm³/mol. The van der Waals surface area contributed by atoms with Crippen molar-refractivity contribution in [1.29, 1.82) is 0 Å². The Morgan fingerprint density at radius 1 is 1.05 bits per heavy atom. The molecule has 2 fully saturated rings. The fourth-order valence-electron chi connectivity index (χ4n) is 3.78. The van der Waals surface area contributed by atoms with Gasteiger partial charge in [-0.2, -0.15) is 0 Å². The smallest absolute Gasteiger partial charge is 0.314 e. The fraction of sp³-hybridized carbons (Fsp3) is 0.643. The molecule has 1 unspecified atom stereocenters. The summed E-state index contributed by atoms with van der Waals surface area (Å²) in [4.78, 5) is 25.2. The van der Waals surface area contributed by atoms with Gasteiger partial charge in [-0.05, 0) is 54.4 Å². The Hall–Kier alpha value is -2.30. The summed E-state index contributed by atoms with van der Waals surface area (Å²) >= 11 is 0. The molecule has 2 aliphatic heterocycles. The zero-order valence-electron chi connectivity index (χ0n) is 22.6. The zero-order valence-corrected chi connectivity index (χ0v) is 22.6. The molecule has 0 amide bonds. The molecule has 37 heavy (non-hydrogen) atoms. The third-order valence-corrected chi connectivity index (χ3v) is 6.00. The Bertz CT molecular complexity index is 933. The van der Waals surface area contributed by atoms with Gasteiger partial charge in [0.05, 0.1) is 17.4 Å². The van der Waals surface area contributed by atoms with Gasteiger partial charge in [-0.1, -0.05) is 36.4 Å². The average Bonchev–Trinajstić information content (AvgIpc) is 3.21. The number of benzene rings is 1. The van der Waals surface area contributed by atoms with Crippen molar-refractivity contribution in [2.45, 2.75) is 91.1 Å². The molecule has 2 heterocycles. The number of aliphatic hydroxyl groups excluding tert-OH is 1.